The van der Waals surface area contributed by atoms with Gasteiger partial charge in [0.1, 0.15) is 6.54 Å². The van der Waals surface area contributed by atoms with Crippen molar-refractivity contribution in [3.05, 3.63) is 12.2 Å². The van der Waals surface area contributed by atoms with Gasteiger partial charge in [-0.1, -0.05) is 12.2 Å². The smallest absolute Gasteiger partial charge is 0.323 e. The van der Waals surface area contributed by atoms with Crippen LogP contribution in [0, 0.1) is 11.8 Å². The number of hydrogen-bond donors (Lipinski definition) is 2. The molecular formula is C14H22N2O3. The zero-order valence-electron chi connectivity index (χ0n) is 11.2. The molecule has 0 aliphatic heterocycles. The summed E-state index contributed by atoms with van der Waals surface area (Å²) in [5, 5.41) is 11.7. The van der Waals surface area contributed by atoms with Crippen LogP contribution in [-0.4, -0.2) is 41.6 Å². The zero-order valence-corrected chi connectivity index (χ0v) is 11.2. The minimum Gasteiger partial charge on any atom is -0.480 e. The molecule has 0 heterocycles. The average Bonchev–Trinajstić information content (AvgIpc) is 3.20. The maximum absolute atomic E-state index is 12.0. The SMILES string of the molecule is O=C(O)CN(CC1CC1)C(=O)NCC1CC=CCC1. The van der Waals surface area contributed by atoms with Crippen LogP contribution in [0.4, 0.5) is 4.79 Å². The molecule has 2 N–H and O–H groups in total. The largest absolute Gasteiger partial charge is 0.480 e. The van der Waals surface area contributed by atoms with Gasteiger partial charge in [-0.2, -0.15) is 0 Å². The van der Waals surface area contributed by atoms with Gasteiger partial charge in [-0.3, -0.25) is 4.79 Å². The number of hydrogen-bond acceptors (Lipinski definition) is 2. The second-order valence-electron chi connectivity index (χ2n) is 5.55. The summed E-state index contributed by atoms with van der Waals surface area (Å²) in [6, 6.07) is -0.233. The van der Waals surface area contributed by atoms with E-state index in [-0.39, 0.29) is 12.6 Å². The minimum absolute atomic E-state index is 0.201. The molecule has 5 nitrogen and oxygen atoms in total. The molecule has 1 atom stereocenters. The summed E-state index contributed by atoms with van der Waals surface area (Å²) in [6.07, 6.45) is 9.71. The van der Waals surface area contributed by atoms with Crippen LogP contribution in [0.25, 0.3) is 0 Å². The number of nitrogens with one attached hydrogen (secondary N) is 1. The molecule has 0 aromatic carbocycles. The highest BCUT2D eigenvalue weighted by Gasteiger charge is 2.28. The molecule has 0 saturated heterocycles. The van der Waals surface area contributed by atoms with Gasteiger partial charge in [-0.25, -0.2) is 4.79 Å². The molecule has 2 aliphatic carbocycles. The number of carbonyl (C=O) groups is 2. The lowest BCUT2D eigenvalue weighted by Crippen LogP contribution is -2.45. The third kappa shape index (κ3) is 4.93. The van der Waals surface area contributed by atoms with Crippen LogP contribution in [-0.2, 0) is 4.79 Å². The van der Waals surface area contributed by atoms with Gasteiger partial charge in [0.2, 0.25) is 0 Å². The van der Waals surface area contributed by atoms with E-state index in [0.717, 1.165) is 32.1 Å². The summed E-state index contributed by atoms with van der Waals surface area (Å²) in [7, 11) is 0. The summed E-state index contributed by atoms with van der Waals surface area (Å²) in [6.45, 7) is 1.01. The molecular weight excluding hydrogens is 244 g/mol. The van der Waals surface area contributed by atoms with E-state index in [9.17, 15) is 9.59 Å². The van der Waals surface area contributed by atoms with Crippen molar-refractivity contribution in [1.29, 1.82) is 0 Å². The van der Waals surface area contributed by atoms with Crippen LogP contribution in [0.3, 0.4) is 0 Å². The maximum atomic E-state index is 12.0. The van der Waals surface area contributed by atoms with Crippen molar-refractivity contribution < 1.29 is 14.7 Å². The topological polar surface area (TPSA) is 69.6 Å². The Balaban J connectivity index is 1.76. The van der Waals surface area contributed by atoms with E-state index in [1.165, 1.54) is 4.90 Å². The molecule has 1 saturated carbocycles. The van der Waals surface area contributed by atoms with Crippen molar-refractivity contribution in [3.63, 3.8) is 0 Å². The standard InChI is InChI=1S/C14H22N2O3/c17-13(18)10-16(9-12-6-7-12)14(19)15-8-11-4-2-1-3-5-11/h1-2,11-12H,3-10H2,(H,15,19)(H,17,18). The fourth-order valence-corrected chi connectivity index (χ4v) is 2.38. The highest BCUT2D eigenvalue weighted by Crippen LogP contribution is 2.29. The summed E-state index contributed by atoms with van der Waals surface area (Å²) in [5.41, 5.74) is 0. The molecule has 0 aromatic heterocycles. The molecule has 0 bridgehead atoms. The average molecular weight is 266 g/mol. The second-order valence-corrected chi connectivity index (χ2v) is 5.55. The first-order valence-electron chi connectivity index (χ1n) is 7.04. The number of urea groups is 1. The molecule has 2 amide bonds. The van der Waals surface area contributed by atoms with Crippen LogP contribution in [0.5, 0.6) is 0 Å². The van der Waals surface area contributed by atoms with Gasteiger partial charge in [0.05, 0.1) is 0 Å². The monoisotopic (exact) mass is 266 g/mol. The van der Waals surface area contributed by atoms with Crippen LogP contribution < -0.4 is 5.32 Å². The fraction of sp³-hybridized carbons (Fsp3) is 0.714. The summed E-state index contributed by atoms with van der Waals surface area (Å²) in [4.78, 5) is 24.2. The normalized spacial score (nSPS) is 22.0. The third-order valence-corrected chi connectivity index (χ3v) is 3.71. The van der Waals surface area contributed by atoms with Crippen LogP contribution in [0.1, 0.15) is 32.1 Å². The number of amides is 2. The molecule has 2 aliphatic rings. The molecule has 0 radical (unpaired) electrons. The summed E-state index contributed by atoms with van der Waals surface area (Å²) in [5.74, 6) is 0.0423. The second kappa shape index (κ2) is 6.59. The van der Waals surface area contributed by atoms with E-state index in [2.05, 4.69) is 17.5 Å². The lowest BCUT2D eigenvalue weighted by Gasteiger charge is -2.24. The maximum Gasteiger partial charge on any atom is 0.323 e. The molecule has 5 heteroatoms. The zero-order chi connectivity index (χ0) is 13.7. The third-order valence-electron chi connectivity index (χ3n) is 3.71. The van der Waals surface area contributed by atoms with Crippen molar-refractivity contribution in [1.82, 2.24) is 10.2 Å². The quantitative estimate of drug-likeness (QED) is 0.721. The first-order valence-corrected chi connectivity index (χ1v) is 7.04. The van der Waals surface area contributed by atoms with Gasteiger partial charge in [0.15, 0.2) is 0 Å². The van der Waals surface area contributed by atoms with E-state index in [1.54, 1.807) is 0 Å². The van der Waals surface area contributed by atoms with Crippen LogP contribution in [0.15, 0.2) is 12.2 Å². The number of carbonyl (C=O) groups excluding carboxylic acids is 1. The number of allylic oxidation sites excluding steroid dienone is 2. The number of carboxylic acid groups (broad SMARTS) is 1. The highest BCUT2D eigenvalue weighted by molar-refractivity contribution is 5.80. The number of aliphatic carboxylic acids is 1. The van der Waals surface area contributed by atoms with Gasteiger partial charge in [0.25, 0.3) is 0 Å². The van der Waals surface area contributed by atoms with Crippen LogP contribution >= 0.6 is 0 Å². The van der Waals surface area contributed by atoms with E-state index < -0.39 is 5.97 Å². The van der Waals surface area contributed by atoms with Crippen molar-refractivity contribution in [2.45, 2.75) is 32.1 Å². The Bertz CT molecular complexity index is 364. The van der Waals surface area contributed by atoms with Crippen molar-refractivity contribution >= 4 is 12.0 Å². The minimum atomic E-state index is -0.948. The van der Waals surface area contributed by atoms with Gasteiger partial charge < -0.3 is 15.3 Å². The lowest BCUT2D eigenvalue weighted by atomic mass is 9.94. The highest BCUT2D eigenvalue weighted by atomic mass is 16.4. The fourth-order valence-electron chi connectivity index (χ4n) is 2.38. The first kappa shape index (κ1) is 13.9. The molecule has 0 aromatic rings. The number of rotatable bonds is 6. The Labute approximate surface area is 113 Å². The van der Waals surface area contributed by atoms with E-state index in [1.807, 2.05) is 0 Å². The van der Waals surface area contributed by atoms with Crippen LogP contribution in [0.2, 0.25) is 0 Å². The first-order chi connectivity index (χ1) is 9.15. The molecule has 2 rings (SSSR count). The Kier molecular flexibility index (Phi) is 4.82. The Morgan fingerprint density at radius 2 is 2.00 bits per heavy atom. The Morgan fingerprint density at radius 1 is 1.21 bits per heavy atom. The van der Waals surface area contributed by atoms with Crippen molar-refractivity contribution in [2.75, 3.05) is 19.6 Å². The van der Waals surface area contributed by atoms with Crippen molar-refractivity contribution in [3.8, 4) is 0 Å². The summed E-state index contributed by atoms with van der Waals surface area (Å²) >= 11 is 0. The van der Waals surface area contributed by atoms with E-state index in [0.29, 0.717) is 24.9 Å². The molecule has 19 heavy (non-hydrogen) atoms. The van der Waals surface area contributed by atoms with Crippen molar-refractivity contribution in [2.24, 2.45) is 11.8 Å². The number of carboxylic acids is 1. The molecule has 0 spiro atoms. The molecule has 106 valence electrons. The lowest BCUT2D eigenvalue weighted by molar-refractivity contribution is -0.137. The molecule has 1 fully saturated rings. The Hall–Kier alpha value is -1.52. The van der Waals surface area contributed by atoms with Gasteiger partial charge >= 0.3 is 12.0 Å². The number of nitrogens with zero attached hydrogens (tertiary/aromatic N) is 1. The summed E-state index contributed by atoms with van der Waals surface area (Å²) < 4.78 is 0. The van der Waals surface area contributed by atoms with E-state index in [4.69, 9.17) is 5.11 Å². The van der Waals surface area contributed by atoms with E-state index >= 15 is 0 Å². The van der Waals surface area contributed by atoms with Gasteiger partial charge in [0, 0.05) is 13.1 Å². The predicted molar refractivity (Wildman–Crippen MR) is 71.8 cm³/mol. The molecule has 1 unspecified atom stereocenters. The van der Waals surface area contributed by atoms with Gasteiger partial charge in [-0.15, -0.1) is 0 Å². The Morgan fingerprint density at radius 3 is 2.58 bits per heavy atom. The predicted octanol–water partition coefficient (Wildman–Crippen LogP) is 1.85. The van der Waals surface area contributed by atoms with Gasteiger partial charge in [-0.05, 0) is 43.9 Å².